The number of likely N-dealkylation sites (N-methyl/N-ethyl adjacent to an activating group) is 1. The van der Waals surface area contributed by atoms with E-state index in [9.17, 15) is 4.39 Å². The molecule has 19 heavy (non-hydrogen) atoms. The number of halogens is 3. The van der Waals surface area contributed by atoms with E-state index >= 15 is 0 Å². The molecule has 1 heterocycles. The molecule has 2 aromatic rings. The van der Waals surface area contributed by atoms with Gasteiger partial charge in [-0.05, 0) is 73.5 Å². The molecule has 0 aliphatic rings. The summed E-state index contributed by atoms with van der Waals surface area (Å²) in [6.45, 7) is 2.96. The molecule has 0 radical (unpaired) electrons. The van der Waals surface area contributed by atoms with Gasteiger partial charge in [-0.25, -0.2) is 4.39 Å². The number of thiophene rings is 1. The lowest BCUT2D eigenvalue weighted by atomic mass is 10.0. The number of benzene rings is 1. The van der Waals surface area contributed by atoms with Crippen molar-refractivity contribution in [3.63, 3.8) is 0 Å². The van der Waals surface area contributed by atoms with Gasteiger partial charge < -0.3 is 5.32 Å². The minimum Gasteiger partial charge on any atom is -0.310 e. The highest BCUT2D eigenvalue weighted by Crippen LogP contribution is 2.30. The topological polar surface area (TPSA) is 12.0 Å². The maximum Gasteiger partial charge on any atom is 0.137 e. The molecular formula is C14H14Br2FNS. The van der Waals surface area contributed by atoms with Gasteiger partial charge in [0.15, 0.2) is 0 Å². The van der Waals surface area contributed by atoms with Crippen LogP contribution in [-0.2, 0) is 6.42 Å². The normalized spacial score (nSPS) is 12.6. The lowest BCUT2D eigenvalue weighted by Crippen LogP contribution is -2.22. The van der Waals surface area contributed by atoms with E-state index in [1.807, 2.05) is 6.07 Å². The first-order chi connectivity index (χ1) is 9.11. The Morgan fingerprint density at radius 3 is 2.79 bits per heavy atom. The summed E-state index contributed by atoms with van der Waals surface area (Å²) >= 11 is 8.48. The van der Waals surface area contributed by atoms with E-state index in [2.05, 4.69) is 55.5 Å². The molecule has 0 bridgehead atoms. The highest BCUT2D eigenvalue weighted by molar-refractivity contribution is 9.11. The van der Waals surface area contributed by atoms with Gasteiger partial charge in [0.1, 0.15) is 5.82 Å². The van der Waals surface area contributed by atoms with Crippen LogP contribution in [0.5, 0.6) is 0 Å². The van der Waals surface area contributed by atoms with Crippen LogP contribution in [0.3, 0.4) is 0 Å². The van der Waals surface area contributed by atoms with E-state index in [1.165, 1.54) is 11.6 Å². The molecular weight excluding hydrogens is 393 g/mol. The van der Waals surface area contributed by atoms with Gasteiger partial charge in [-0.1, -0.05) is 19.1 Å². The van der Waals surface area contributed by atoms with Crippen LogP contribution >= 0.6 is 43.2 Å². The molecule has 1 N–H and O–H groups in total. The monoisotopic (exact) mass is 405 g/mol. The van der Waals surface area contributed by atoms with Crippen LogP contribution in [0.4, 0.5) is 4.39 Å². The average molecular weight is 407 g/mol. The van der Waals surface area contributed by atoms with E-state index in [0.29, 0.717) is 4.47 Å². The summed E-state index contributed by atoms with van der Waals surface area (Å²) in [4.78, 5) is 0. The van der Waals surface area contributed by atoms with E-state index < -0.39 is 0 Å². The Balaban J connectivity index is 2.23. The minimum atomic E-state index is -0.209. The molecule has 0 spiro atoms. The highest BCUT2D eigenvalue weighted by atomic mass is 79.9. The van der Waals surface area contributed by atoms with Gasteiger partial charge in [0.25, 0.3) is 0 Å². The molecule has 1 aromatic heterocycles. The Morgan fingerprint density at radius 2 is 2.16 bits per heavy atom. The second-order valence-corrected chi connectivity index (χ2v) is 7.29. The van der Waals surface area contributed by atoms with Crippen molar-refractivity contribution >= 4 is 43.2 Å². The molecule has 1 atom stereocenters. The molecule has 0 amide bonds. The molecule has 1 unspecified atom stereocenters. The molecule has 5 heteroatoms. The van der Waals surface area contributed by atoms with Crippen LogP contribution in [-0.4, -0.2) is 6.54 Å². The van der Waals surface area contributed by atoms with Gasteiger partial charge in [0, 0.05) is 6.04 Å². The summed E-state index contributed by atoms with van der Waals surface area (Å²) in [5.74, 6) is -0.209. The van der Waals surface area contributed by atoms with Crippen molar-refractivity contribution in [3.8, 4) is 0 Å². The second kappa shape index (κ2) is 6.97. The van der Waals surface area contributed by atoms with Crippen LogP contribution in [0.2, 0.25) is 0 Å². The molecule has 0 fully saturated rings. The van der Waals surface area contributed by atoms with Crippen LogP contribution in [0.25, 0.3) is 0 Å². The van der Waals surface area contributed by atoms with Crippen LogP contribution in [0.1, 0.15) is 24.1 Å². The van der Waals surface area contributed by atoms with E-state index in [4.69, 9.17) is 0 Å². The largest absolute Gasteiger partial charge is 0.310 e. The van der Waals surface area contributed by atoms with Gasteiger partial charge in [0.05, 0.1) is 8.26 Å². The van der Waals surface area contributed by atoms with Crippen LogP contribution < -0.4 is 5.32 Å². The van der Waals surface area contributed by atoms with Crippen molar-refractivity contribution in [2.24, 2.45) is 0 Å². The number of hydrogen-bond donors (Lipinski definition) is 1. The third-order valence-corrected chi connectivity index (χ3v) is 5.31. The van der Waals surface area contributed by atoms with Gasteiger partial charge >= 0.3 is 0 Å². The summed E-state index contributed by atoms with van der Waals surface area (Å²) in [6.07, 6.45) is 0.759. The van der Waals surface area contributed by atoms with Crippen molar-refractivity contribution in [2.75, 3.05) is 6.54 Å². The maximum atomic E-state index is 13.5. The molecule has 0 aliphatic carbocycles. The first-order valence-electron chi connectivity index (χ1n) is 6.02. The van der Waals surface area contributed by atoms with Gasteiger partial charge in [-0.3, -0.25) is 0 Å². The lowest BCUT2D eigenvalue weighted by Gasteiger charge is -2.18. The summed E-state index contributed by atoms with van der Waals surface area (Å²) in [5, 5.41) is 5.58. The predicted molar refractivity (Wildman–Crippen MR) is 86.2 cm³/mol. The average Bonchev–Trinajstić information content (AvgIpc) is 2.81. The fourth-order valence-corrected chi connectivity index (χ4v) is 3.64. The van der Waals surface area contributed by atoms with E-state index in [1.54, 1.807) is 17.4 Å². The quantitative estimate of drug-likeness (QED) is 0.709. The molecule has 102 valence electrons. The number of nitrogens with one attached hydrogen (secondary N) is 1. The van der Waals surface area contributed by atoms with E-state index in [-0.39, 0.29) is 11.9 Å². The zero-order valence-electron chi connectivity index (χ0n) is 10.4. The number of hydrogen-bond acceptors (Lipinski definition) is 2. The van der Waals surface area contributed by atoms with Crippen LogP contribution in [0, 0.1) is 5.82 Å². The van der Waals surface area contributed by atoms with Gasteiger partial charge in [-0.2, -0.15) is 0 Å². The Bertz CT molecular complexity index is 556. The maximum absolute atomic E-state index is 13.5. The van der Waals surface area contributed by atoms with Gasteiger partial charge in [0.2, 0.25) is 0 Å². The summed E-state index contributed by atoms with van der Waals surface area (Å²) in [7, 11) is 0. The summed E-state index contributed by atoms with van der Waals surface area (Å²) < 4.78 is 15.2. The first kappa shape index (κ1) is 15.2. The molecule has 0 saturated carbocycles. The second-order valence-electron chi connectivity index (χ2n) is 4.21. The Hall–Kier alpha value is -0.230. The summed E-state index contributed by atoms with van der Waals surface area (Å²) in [6, 6.07) is 7.49. The standard InChI is InChI=1S/C14H14Br2FNS/c1-2-18-12(10-7-13(15)19-8-10)6-9-4-3-5-11(17)14(9)16/h3-5,7-8,12,18H,2,6H2,1H3. The fraction of sp³-hybridized carbons (Fsp3) is 0.286. The Kier molecular flexibility index (Phi) is 5.57. The van der Waals surface area contributed by atoms with Crippen molar-refractivity contribution < 1.29 is 4.39 Å². The van der Waals surface area contributed by atoms with Crippen molar-refractivity contribution in [1.82, 2.24) is 5.32 Å². The Labute approximate surface area is 133 Å². The Morgan fingerprint density at radius 1 is 1.37 bits per heavy atom. The summed E-state index contributed by atoms with van der Waals surface area (Å²) in [5.41, 5.74) is 2.21. The third-order valence-electron chi connectivity index (χ3n) is 2.90. The van der Waals surface area contributed by atoms with E-state index in [0.717, 1.165) is 22.3 Å². The lowest BCUT2D eigenvalue weighted by molar-refractivity contribution is 0.546. The molecule has 1 nitrogen and oxygen atoms in total. The molecule has 2 rings (SSSR count). The highest BCUT2D eigenvalue weighted by Gasteiger charge is 2.15. The zero-order valence-corrected chi connectivity index (χ0v) is 14.4. The zero-order chi connectivity index (χ0) is 13.8. The van der Waals surface area contributed by atoms with Gasteiger partial charge in [-0.15, -0.1) is 11.3 Å². The van der Waals surface area contributed by atoms with Crippen molar-refractivity contribution in [3.05, 3.63) is 54.8 Å². The first-order valence-corrected chi connectivity index (χ1v) is 8.48. The molecule has 0 aliphatic heterocycles. The minimum absolute atomic E-state index is 0.200. The predicted octanol–water partition coefficient (Wildman–Crippen LogP) is 5.31. The SMILES string of the molecule is CCNC(Cc1cccc(F)c1Br)c1csc(Br)c1. The molecule has 0 saturated heterocycles. The van der Waals surface area contributed by atoms with Crippen LogP contribution in [0.15, 0.2) is 37.9 Å². The van der Waals surface area contributed by atoms with Crippen molar-refractivity contribution in [1.29, 1.82) is 0 Å². The fourth-order valence-electron chi connectivity index (χ4n) is 1.99. The molecule has 1 aromatic carbocycles. The number of rotatable bonds is 5. The smallest absolute Gasteiger partial charge is 0.137 e. The van der Waals surface area contributed by atoms with Crippen molar-refractivity contribution in [2.45, 2.75) is 19.4 Å². The third kappa shape index (κ3) is 3.88.